The summed E-state index contributed by atoms with van der Waals surface area (Å²) in [5.41, 5.74) is 13.7. The fourth-order valence-electron chi connectivity index (χ4n) is 6.95. The number of benzene rings is 5. The Morgan fingerprint density at radius 3 is 1.64 bits per heavy atom. The molecule has 0 saturated heterocycles. The molecule has 0 amide bonds. The van der Waals surface area contributed by atoms with Gasteiger partial charge in [-0.2, -0.15) is 0 Å². The molecule has 0 radical (unpaired) electrons. The molecule has 2 heteroatoms. The van der Waals surface area contributed by atoms with Crippen LogP contribution in [-0.2, 0) is 16.2 Å². The molecule has 6 rings (SSSR count). The lowest BCUT2D eigenvalue weighted by molar-refractivity contribution is 0.332. The van der Waals surface area contributed by atoms with Crippen molar-refractivity contribution in [2.45, 2.75) is 84.5 Å². The average molecular weight is 612 g/mol. The van der Waals surface area contributed by atoms with Gasteiger partial charge < -0.3 is 4.90 Å². The summed E-state index contributed by atoms with van der Waals surface area (Å²) in [4.78, 5) is 2.47. The molecule has 0 spiro atoms. The Morgan fingerprint density at radius 1 is 0.600 bits per heavy atom. The molecular weight excluding hydrogens is 566 g/mol. The van der Waals surface area contributed by atoms with E-state index in [4.69, 9.17) is 11.6 Å². The topological polar surface area (TPSA) is 3.24 Å². The van der Waals surface area contributed by atoms with E-state index in [1.807, 2.05) is 6.07 Å². The Morgan fingerprint density at radius 2 is 1.13 bits per heavy atom. The maximum Gasteiger partial charge on any atom is 0.0618 e. The number of hydrogen-bond donors (Lipinski definition) is 0. The van der Waals surface area contributed by atoms with Gasteiger partial charge in [0.15, 0.2) is 0 Å². The molecule has 0 aromatic heterocycles. The van der Waals surface area contributed by atoms with E-state index in [0.29, 0.717) is 0 Å². The third-order valence-corrected chi connectivity index (χ3v) is 9.97. The molecule has 45 heavy (non-hydrogen) atoms. The lowest BCUT2D eigenvalue weighted by Gasteiger charge is -2.42. The number of fused-ring (bicyclic) bond motifs is 1. The van der Waals surface area contributed by atoms with Gasteiger partial charge in [0.25, 0.3) is 0 Å². The number of anilines is 3. The van der Waals surface area contributed by atoms with Crippen molar-refractivity contribution in [1.29, 1.82) is 0 Å². The molecule has 0 bridgehead atoms. The van der Waals surface area contributed by atoms with E-state index < -0.39 is 0 Å². The smallest absolute Gasteiger partial charge is 0.0618 e. The minimum atomic E-state index is -0.0372. The van der Waals surface area contributed by atoms with Crippen LogP contribution >= 0.6 is 11.6 Å². The van der Waals surface area contributed by atoms with Crippen LogP contribution in [0.15, 0.2) is 109 Å². The molecule has 0 N–H and O–H groups in total. The highest BCUT2D eigenvalue weighted by Crippen LogP contribution is 2.52. The van der Waals surface area contributed by atoms with Gasteiger partial charge in [-0.25, -0.2) is 0 Å². The van der Waals surface area contributed by atoms with Gasteiger partial charge in [-0.3, -0.25) is 0 Å². The summed E-state index contributed by atoms with van der Waals surface area (Å²) in [5.74, 6) is 0. The van der Waals surface area contributed by atoms with Gasteiger partial charge in [0.05, 0.1) is 5.69 Å². The molecular formula is C43H46ClN. The van der Waals surface area contributed by atoms with E-state index in [1.54, 1.807) is 0 Å². The fourth-order valence-corrected chi connectivity index (χ4v) is 7.24. The Balaban J connectivity index is 1.76. The zero-order chi connectivity index (χ0) is 32.1. The lowest BCUT2D eigenvalue weighted by atomic mass is 9.63. The molecule has 0 saturated carbocycles. The maximum atomic E-state index is 6.84. The van der Waals surface area contributed by atoms with Crippen LogP contribution in [0.4, 0.5) is 17.1 Å². The summed E-state index contributed by atoms with van der Waals surface area (Å²) in [6.45, 7) is 18.6. The molecule has 0 unspecified atom stereocenters. The van der Waals surface area contributed by atoms with E-state index in [9.17, 15) is 0 Å². The predicted octanol–water partition coefficient (Wildman–Crippen LogP) is 13.1. The number of nitrogens with zero attached hydrogens (tertiary/aromatic N) is 1. The summed E-state index contributed by atoms with van der Waals surface area (Å²) in [5, 5.41) is 0.739. The fraction of sp³-hybridized carbons (Fsp3) is 0.302. The van der Waals surface area contributed by atoms with Crippen molar-refractivity contribution in [2.75, 3.05) is 4.90 Å². The first-order valence-corrected chi connectivity index (χ1v) is 16.6. The van der Waals surface area contributed by atoms with E-state index >= 15 is 0 Å². The van der Waals surface area contributed by atoms with Crippen molar-refractivity contribution >= 4 is 28.7 Å². The van der Waals surface area contributed by atoms with E-state index in [1.165, 1.54) is 45.4 Å². The second kappa shape index (κ2) is 11.5. The van der Waals surface area contributed by atoms with Crippen LogP contribution in [-0.4, -0.2) is 0 Å². The van der Waals surface area contributed by atoms with Crippen molar-refractivity contribution < 1.29 is 0 Å². The third-order valence-electron chi connectivity index (χ3n) is 9.75. The number of aryl methyl sites for hydroxylation is 1. The number of hydrogen-bond acceptors (Lipinski definition) is 1. The first kappa shape index (κ1) is 31.2. The molecule has 0 heterocycles. The van der Waals surface area contributed by atoms with E-state index in [2.05, 4.69) is 163 Å². The SMILES string of the molecule is Cc1cc(Cl)cc(N(c2ccc3c(c2)C(C)(C)CCC3(C)C)c2c(-c3ccccc3)cc(C(C)(C)C)cc2-c2ccccc2)c1. The van der Waals surface area contributed by atoms with Crippen LogP contribution in [0.3, 0.4) is 0 Å². The maximum absolute atomic E-state index is 6.84. The largest absolute Gasteiger partial charge is 0.309 e. The Bertz CT molecular complexity index is 1760. The van der Waals surface area contributed by atoms with Gasteiger partial charge >= 0.3 is 0 Å². The van der Waals surface area contributed by atoms with Crippen LogP contribution in [0.2, 0.25) is 5.02 Å². The normalized spacial score (nSPS) is 15.4. The number of rotatable bonds is 5. The zero-order valence-electron chi connectivity index (χ0n) is 28.1. The standard InChI is InChI=1S/C43H46ClN/c1-29-23-33(44)27-35(24-29)45(34-19-20-38-39(28-34)43(7,8)22-21-42(38,5)6)40-36(30-15-11-9-12-16-30)25-32(41(2,3)4)26-37(40)31-17-13-10-14-18-31/h9-20,23-28H,21-22H2,1-8H3. The van der Waals surface area contributed by atoms with E-state index in [-0.39, 0.29) is 16.2 Å². The van der Waals surface area contributed by atoms with E-state index in [0.717, 1.165) is 34.1 Å². The second-order valence-corrected chi connectivity index (χ2v) is 15.7. The zero-order valence-corrected chi connectivity index (χ0v) is 28.9. The Labute approximate surface area is 275 Å². The molecule has 0 atom stereocenters. The minimum Gasteiger partial charge on any atom is -0.309 e. The molecule has 230 valence electrons. The highest BCUT2D eigenvalue weighted by atomic mass is 35.5. The lowest BCUT2D eigenvalue weighted by Crippen LogP contribution is -2.34. The average Bonchev–Trinajstić information content (AvgIpc) is 2.99. The van der Waals surface area contributed by atoms with Crippen LogP contribution in [0.5, 0.6) is 0 Å². The van der Waals surface area contributed by atoms with Gasteiger partial charge in [0, 0.05) is 27.5 Å². The molecule has 1 aliphatic carbocycles. The van der Waals surface area contributed by atoms with Gasteiger partial charge in [-0.05, 0) is 112 Å². The van der Waals surface area contributed by atoms with Crippen LogP contribution in [0.1, 0.15) is 83.6 Å². The summed E-state index contributed by atoms with van der Waals surface area (Å²) < 4.78 is 0. The molecule has 0 fully saturated rings. The number of halogens is 1. The molecule has 0 aliphatic heterocycles. The van der Waals surface area contributed by atoms with Crippen molar-refractivity contribution in [3.8, 4) is 22.3 Å². The first-order chi connectivity index (χ1) is 21.2. The summed E-state index contributed by atoms with van der Waals surface area (Å²) in [6, 6.07) is 40.1. The summed E-state index contributed by atoms with van der Waals surface area (Å²) in [6.07, 6.45) is 2.35. The van der Waals surface area contributed by atoms with Crippen LogP contribution in [0, 0.1) is 6.92 Å². The summed E-state index contributed by atoms with van der Waals surface area (Å²) >= 11 is 6.84. The van der Waals surface area contributed by atoms with Crippen LogP contribution < -0.4 is 4.90 Å². The predicted molar refractivity (Wildman–Crippen MR) is 196 cm³/mol. The Hall–Kier alpha value is -3.81. The quantitative estimate of drug-likeness (QED) is 0.191. The van der Waals surface area contributed by atoms with Crippen molar-refractivity contribution in [3.05, 3.63) is 136 Å². The van der Waals surface area contributed by atoms with Crippen molar-refractivity contribution in [2.24, 2.45) is 0 Å². The molecule has 1 nitrogen and oxygen atoms in total. The van der Waals surface area contributed by atoms with Gasteiger partial charge in [-0.1, -0.05) is 127 Å². The second-order valence-electron chi connectivity index (χ2n) is 15.2. The van der Waals surface area contributed by atoms with Gasteiger partial charge in [0.1, 0.15) is 0 Å². The highest BCUT2D eigenvalue weighted by molar-refractivity contribution is 6.31. The van der Waals surface area contributed by atoms with Crippen molar-refractivity contribution in [1.82, 2.24) is 0 Å². The highest BCUT2D eigenvalue weighted by Gasteiger charge is 2.38. The molecule has 5 aromatic rings. The first-order valence-electron chi connectivity index (χ1n) is 16.3. The monoisotopic (exact) mass is 611 g/mol. The third kappa shape index (κ3) is 6.08. The Kier molecular flexibility index (Phi) is 7.99. The minimum absolute atomic E-state index is 0.0372. The van der Waals surface area contributed by atoms with Gasteiger partial charge in [0.2, 0.25) is 0 Å². The molecule has 1 aliphatic rings. The molecule has 5 aromatic carbocycles. The summed E-state index contributed by atoms with van der Waals surface area (Å²) in [7, 11) is 0. The van der Waals surface area contributed by atoms with Gasteiger partial charge in [-0.15, -0.1) is 0 Å². The van der Waals surface area contributed by atoms with Crippen LogP contribution in [0.25, 0.3) is 22.3 Å². The van der Waals surface area contributed by atoms with Crippen molar-refractivity contribution in [3.63, 3.8) is 0 Å².